The second kappa shape index (κ2) is 6.35. The molecule has 14 heavy (non-hydrogen) atoms. The van der Waals surface area contributed by atoms with Gasteiger partial charge in [-0.25, -0.2) is 0 Å². The van der Waals surface area contributed by atoms with Crippen LogP contribution in [0.5, 0.6) is 0 Å². The van der Waals surface area contributed by atoms with E-state index in [4.69, 9.17) is 5.11 Å². The van der Waals surface area contributed by atoms with E-state index in [1.165, 1.54) is 0 Å². The molecule has 0 amide bonds. The number of rotatable bonds is 6. The van der Waals surface area contributed by atoms with Crippen LogP contribution in [0.25, 0.3) is 0 Å². The summed E-state index contributed by atoms with van der Waals surface area (Å²) in [5.41, 5.74) is 0. The smallest absolute Gasteiger partial charge is 0.106 e. The van der Waals surface area contributed by atoms with Crippen molar-refractivity contribution in [1.29, 1.82) is 0 Å². The molecule has 5 atom stereocenters. The lowest BCUT2D eigenvalue weighted by Gasteiger charge is -2.29. The molecule has 0 rings (SSSR count). The van der Waals surface area contributed by atoms with Gasteiger partial charge >= 0.3 is 0 Å². The van der Waals surface area contributed by atoms with Gasteiger partial charge in [0.25, 0.3) is 0 Å². The molecule has 86 valence electrons. The Bertz CT molecular complexity index is 135. The predicted octanol–water partition coefficient (Wildman–Crippen LogP) is -0.256. The molecule has 0 saturated carbocycles. The van der Waals surface area contributed by atoms with E-state index in [1.54, 1.807) is 6.92 Å². The van der Waals surface area contributed by atoms with Crippen molar-refractivity contribution in [3.8, 4) is 0 Å². The SMILES string of the molecule is CCC(C)C(O)C(O)C(O)C(C)CO. The standard InChI is InChI=1S/C10H22O4/c1-4-6(2)8(12)10(14)9(13)7(3)5-11/h6-14H,4-5H2,1-3H3. The Labute approximate surface area is 85.2 Å². The Balaban J connectivity index is 4.22. The van der Waals surface area contributed by atoms with Crippen molar-refractivity contribution in [3.05, 3.63) is 0 Å². The highest BCUT2D eigenvalue weighted by Crippen LogP contribution is 2.17. The van der Waals surface area contributed by atoms with Crippen molar-refractivity contribution in [3.63, 3.8) is 0 Å². The summed E-state index contributed by atoms with van der Waals surface area (Å²) in [5.74, 6) is -0.491. The van der Waals surface area contributed by atoms with Crippen LogP contribution in [0.2, 0.25) is 0 Å². The minimum absolute atomic E-state index is 0.0643. The summed E-state index contributed by atoms with van der Waals surface area (Å²) in [4.78, 5) is 0. The fourth-order valence-electron chi connectivity index (χ4n) is 1.22. The van der Waals surface area contributed by atoms with Crippen LogP contribution in [0, 0.1) is 11.8 Å². The van der Waals surface area contributed by atoms with E-state index in [-0.39, 0.29) is 12.5 Å². The fraction of sp³-hybridized carbons (Fsp3) is 1.00. The highest BCUT2D eigenvalue weighted by molar-refractivity contribution is 4.81. The molecule has 4 N–H and O–H groups in total. The van der Waals surface area contributed by atoms with Gasteiger partial charge in [-0.15, -0.1) is 0 Å². The lowest BCUT2D eigenvalue weighted by molar-refractivity contribution is -0.100. The lowest BCUT2D eigenvalue weighted by Crippen LogP contribution is -2.44. The summed E-state index contributed by atoms with van der Waals surface area (Å²) in [6.07, 6.45) is -2.47. The Morgan fingerprint density at radius 3 is 1.64 bits per heavy atom. The third kappa shape index (κ3) is 3.53. The van der Waals surface area contributed by atoms with E-state index >= 15 is 0 Å². The molecule has 0 saturated heterocycles. The maximum Gasteiger partial charge on any atom is 0.106 e. The fourth-order valence-corrected chi connectivity index (χ4v) is 1.22. The minimum Gasteiger partial charge on any atom is -0.396 e. The first-order valence-electron chi connectivity index (χ1n) is 5.10. The van der Waals surface area contributed by atoms with Crippen LogP contribution < -0.4 is 0 Å². The van der Waals surface area contributed by atoms with Gasteiger partial charge in [-0.1, -0.05) is 27.2 Å². The molecule has 4 heteroatoms. The molecule has 0 radical (unpaired) electrons. The number of aliphatic hydroxyl groups excluding tert-OH is 4. The largest absolute Gasteiger partial charge is 0.396 e. The molecule has 0 bridgehead atoms. The summed E-state index contributed by atoms with van der Waals surface area (Å²) in [6, 6.07) is 0. The van der Waals surface area contributed by atoms with E-state index in [9.17, 15) is 15.3 Å². The number of hydrogen-bond acceptors (Lipinski definition) is 4. The van der Waals surface area contributed by atoms with Gasteiger partial charge in [0.05, 0.1) is 12.2 Å². The van der Waals surface area contributed by atoms with Gasteiger partial charge in [0, 0.05) is 12.5 Å². The van der Waals surface area contributed by atoms with Crippen molar-refractivity contribution >= 4 is 0 Å². The summed E-state index contributed by atoms with van der Waals surface area (Å²) in [6.45, 7) is 5.13. The topological polar surface area (TPSA) is 80.9 Å². The van der Waals surface area contributed by atoms with Crippen molar-refractivity contribution in [1.82, 2.24) is 0 Å². The minimum atomic E-state index is -1.19. The molecule has 0 heterocycles. The van der Waals surface area contributed by atoms with E-state index < -0.39 is 24.2 Å². The Kier molecular flexibility index (Phi) is 6.27. The van der Waals surface area contributed by atoms with Crippen LogP contribution >= 0.6 is 0 Å². The third-order valence-corrected chi connectivity index (χ3v) is 2.80. The molecule has 0 aromatic carbocycles. The van der Waals surface area contributed by atoms with Gasteiger partial charge in [-0.2, -0.15) is 0 Å². The molecule has 5 unspecified atom stereocenters. The quantitative estimate of drug-likeness (QED) is 0.483. The Morgan fingerprint density at radius 1 is 0.857 bits per heavy atom. The van der Waals surface area contributed by atoms with Crippen LogP contribution in [0.1, 0.15) is 27.2 Å². The first-order chi connectivity index (χ1) is 6.45. The van der Waals surface area contributed by atoms with E-state index in [1.807, 2.05) is 13.8 Å². The zero-order valence-corrected chi connectivity index (χ0v) is 9.09. The molecule has 0 aromatic rings. The van der Waals surface area contributed by atoms with Gasteiger partial charge in [0.2, 0.25) is 0 Å². The van der Waals surface area contributed by atoms with Crippen molar-refractivity contribution in [2.45, 2.75) is 45.5 Å². The van der Waals surface area contributed by atoms with Gasteiger partial charge in [-0.05, 0) is 5.92 Å². The van der Waals surface area contributed by atoms with Gasteiger partial charge in [0.1, 0.15) is 6.10 Å². The summed E-state index contributed by atoms with van der Waals surface area (Å²) < 4.78 is 0. The Morgan fingerprint density at radius 2 is 1.29 bits per heavy atom. The van der Waals surface area contributed by atoms with Crippen LogP contribution in [-0.2, 0) is 0 Å². The first-order valence-corrected chi connectivity index (χ1v) is 5.10. The Hall–Kier alpha value is -0.160. The van der Waals surface area contributed by atoms with Crippen molar-refractivity contribution in [2.75, 3.05) is 6.61 Å². The summed E-state index contributed by atoms with van der Waals surface area (Å²) >= 11 is 0. The van der Waals surface area contributed by atoms with E-state index in [0.29, 0.717) is 0 Å². The molecule has 0 aromatic heterocycles. The maximum absolute atomic E-state index is 9.61. The van der Waals surface area contributed by atoms with Crippen LogP contribution in [-0.4, -0.2) is 45.3 Å². The molecule has 4 nitrogen and oxygen atoms in total. The number of hydrogen-bond donors (Lipinski definition) is 4. The van der Waals surface area contributed by atoms with Gasteiger partial charge in [-0.3, -0.25) is 0 Å². The molecular weight excluding hydrogens is 184 g/mol. The molecule has 0 aliphatic rings. The number of aliphatic hydroxyl groups is 4. The molecule has 0 spiro atoms. The second-order valence-corrected chi connectivity index (χ2v) is 4.02. The molecule has 0 aliphatic heterocycles. The lowest BCUT2D eigenvalue weighted by atomic mass is 9.90. The van der Waals surface area contributed by atoms with Crippen LogP contribution in [0.3, 0.4) is 0 Å². The van der Waals surface area contributed by atoms with E-state index in [0.717, 1.165) is 6.42 Å². The maximum atomic E-state index is 9.61. The second-order valence-electron chi connectivity index (χ2n) is 4.02. The average Bonchev–Trinajstić information content (AvgIpc) is 2.23. The zero-order chi connectivity index (χ0) is 11.3. The van der Waals surface area contributed by atoms with Gasteiger partial charge < -0.3 is 20.4 Å². The molecule has 0 aliphatic carbocycles. The average molecular weight is 206 g/mol. The van der Waals surface area contributed by atoms with Gasteiger partial charge in [0.15, 0.2) is 0 Å². The van der Waals surface area contributed by atoms with E-state index in [2.05, 4.69) is 0 Å². The molecule has 0 fully saturated rings. The van der Waals surface area contributed by atoms with Crippen LogP contribution in [0.15, 0.2) is 0 Å². The van der Waals surface area contributed by atoms with Crippen LogP contribution in [0.4, 0.5) is 0 Å². The summed E-state index contributed by atoms with van der Waals surface area (Å²) in [7, 11) is 0. The predicted molar refractivity (Wildman–Crippen MR) is 53.7 cm³/mol. The van der Waals surface area contributed by atoms with Crippen molar-refractivity contribution < 1.29 is 20.4 Å². The third-order valence-electron chi connectivity index (χ3n) is 2.80. The summed E-state index contributed by atoms with van der Waals surface area (Å²) in [5, 5.41) is 37.5. The normalized spacial score (nSPS) is 22.5. The monoisotopic (exact) mass is 206 g/mol. The molecular formula is C10H22O4. The first kappa shape index (κ1) is 13.8. The highest BCUT2D eigenvalue weighted by atomic mass is 16.4. The highest BCUT2D eigenvalue weighted by Gasteiger charge is 2.30. The zero-order valence-electron chi connectivity index (χ0n) is 9.09. The van der Waals surface area contributed by atoms with Crippen molar-refractivity contribution in [2.24, 2.45) is 11.8 Å².